The predicted octanol–water partition coefficient (Wildman–Crippen LogP) is 6.35. The number of nitrogens with two attached hydrogens (primary N) is 1. The van der Waals surface area contributed by atoms with Crippen LogP contribution in [0.25, 0.3) is 11.4 Å². The molecule has 0 saturated heterocycles. The van der Waals surface area contributed by atoms with E-state index in [9.17, 15) is 18.0 Å². The average Bonchev–Trinajstić information content (AvgIpc) is 3.33. The van der Waals surface area contributed by atoms with E-state index in [1.165, 1.54) is 6.20 Å². The molecule has 2 atom stereocenters. The molecule has 216 valence electrons. The third kappa shape index (κ3) is 7.39. The van der Waals surface area contributed by atoms with Gasteiger partial charge in [0, 0.05) is 29.5 Å². The van der Waals surface area contributed by atoms with Crippen molar-refractivity contribution in [1.82, 2.24) is 24.6 Å². The number of pyridine rings is 1. The second kappa shape index (κ2) is 12.9. The molecule has 1 amide bonds. The van der Waals surface area contributed by atoms with Gasteiger partial charge >= 0.3 is 0 Å². The molecular formula is C30H32BrF3N6O. The lowest BCUT2D eigenvalue weighted by molar-refractivity contribution is 0.0469. The Morgan fingerprint density at radius 1 is 1.12 bits per heavy atom. The molecule has 2 unspecified atom stereocenters. The van der Waals surface area contributed by atoms with Crippen LogP contribution in [0.5, 0.6) is 0 Å². The Bertz CT molecular complexity index is 1490. The number of nitrogens with zero attached hydrogens (tertiary/aromatic N) is 5. The molecule has 2 aromatic heterocycles. The molecule has 0 bridgehead atoms. The molecule has 2 aromatic carbocycles. The molecule has 0 aliphatic rings. The Labute approximate surface area is 245 Å². The summed E-state index contributed by atoms with van der Waals surface area (Å²) in [7, 11) is 0. The maximum Gasteiger partial charge on any atom is 0.256 e. The van der Waals surface area contributed by atoms with Crippen molar-refractivity contribution in [2.24, 2.45) is 11.1 Å². The van der Waals surface area contributed by atoms with Gasteiger partial charge in [-0.15, -0.1) is 0 Å². The average molecular weight is 630 g/mol. The summed E-state index contributed by atoms with van der Waals surface area (Å²) >= 11 is 3.49. The van der Waals surface area contributed by atoms with E-state index in [0.29, 0.717) is 11.4 Å². The Balaban J connectivity index is 1.91. The van der Waals surface area contributed by atoms with Gasteiger partial charge in [-0.05, 0) is 59.9 Å². The zero-order valence-corrected chi connectivity index (χ0v) is 24.7. The van der Waals surface area contributed by atoms with E-state index in [4.69, 9.17) is 10.7 Å². The second-order valence-corrected chi connectivity index (χ2v) is 11.8. The summed E-state index contributed by atoms with van der Waals surface area (Å²) in [5.41, 5.74) is 6.40. The lowest BCUT2D eigenvalue weighted by Gasteiger charge is -2.40. The topological polar surface area (TPSA) is 89.9 Å². The minimum atomic E-state index is -0.767. The largest absolute Gasteiger partial charge is 0.328 e. The molecule has 0 aliphatic carbocycles. The number of rotatable bonds is 10. The minimum Gasteiger partial charge on any atom is -0.328 e. The fraction of sp³-hybridized carbons (Fsp3) is 0.333. The monoisotopic (exact) mass is 628 g/mol. The van der Waals surface area contributed by atoms with Crippen molar-refractivity contribution in [3.8, 4) is 11.4 Å². The van der Waals surface area contributed by atoms with Crippen LogP contribution in [0.3, 0.4) is 0 Å². The first-order chi connectivity index (χ1) is 19.5. The van der Waals surface area contributed by atoms with Crippen molar-refractivity contribution < 1.29 is 18.0 Å². The molecule has 0 radical (unpaired) electrons. The zero-order chi connectivity index (χ0) is 29.7. The Morgan fingerprint density at radius 2 is 1.90 bits per heavy atom. The van der Waals surface area contributed by atoms with E-state index in [1.807, 2.05) is 45.0 Å². The molecule has 2 heterocycles. The van der Waals surface area contributed by atoms with Crippen LogP contribution < -0.4 is 5.73 Å². The van der Waals surface area contributed by atoms with Crippen LogP contribution in [0, 0.1) is 17.0 Å². The van der Waals surface area contributed by atoms with E-state index in [0.717, 1.165) is 28.2 Å². The van der Waals surface area contributed by atoms with E-state index in [1.54, 1.807) is 27.9 Å². The maximum absolute atomic E-state index is 14.9. The fourth-order valence-corrected chi connectivity index (χ4v) is 5.09. The third-order valence-corrected chi connectivity index (χ3v) is 7.07. The normalized spacial score (nSPS) is 13.2. The van der Waals surface area contributed by atoms with Gasteiger partial charge in [0.15, 0.2) is 11.6 Å². The molecule has 4 rings (SSSR count). The molecule has 0 fully saturated rings. The first-order valence-corrected chi connectivity index (χ1v) is 13.9. The van der Waals surface area contributed by atoms with Crippen molar-refractivity contribution in [2.45, 2.75) is 45.8 Å². The maximum atomic E-state index is 14.9. The van der Waals surface area contributed by atoms with Gasteiger partial charge in [0.1, 0.15) is 18.3 Å². The fourth-order valence-electron chi connectivity index (χ4n) is 4.64. The molecule has 2 N–H and O–H groups in total. The van der Waals surface area contributed by atoms with Gasteiger partial charge in [0.05, 0.1) is 23.7 Å². The van der Waals surface area contributed by atoms with Crippen LogP contribution >= 0.6 is 15.9 Å². The molecular weight excluding hydrogens is 597 g/mol. The quantitative estimate of drug-likeness (QED) is 0.221. The van der Waals surface area contributed by atoms with Gasteiger partial charge in [-0.2, -0.15) is 5.10 Å². The molecule has 41 heavy (non-hydrogen) atoms. The molecule has 0 saturated carbocycles. The highest BCUT2D eigenvalue weighted by Gasteiger charge is 2.39. The number of hydrogen-bond acceptors (Lipinski definition) is 5. The number of aromatic nitrogens is 4. The van der Waals surface area contributed by atoms with Crippen LogP contribution in [-0.4, -0.2) is 49.8 Å². The number of alkyl halides is 1. The van der Waals surface area contributed by atoms with Gasteiger partial charge in [-0.25, -0.2) is 22.8 Å². The van der Waals surface area contributed by atoms with Gasteiger partial charge < -0.3 is 10.6 Å². The van der Waals surface area contributed by atoms with Gasteiger partial charge in [-0.3, -0.25) is 9.78 Å². The standard InChI is InChI=1S/C30H32BrF3N6O/c1-30(2,3)26(39(13-11-23(35)16-32)29(41)20-7-5-12-36-17-20)28-37-27(24-15-22(33)9-10-25(24)34)38-40(28)18-19-6-4-8-21(31)14-19/h4-10,12,14-15,17,23,26H,11,13,16,18,35H2,1-3H3. The van der Waals surface area contributed by atoms with E-state index in [2.05, 4.69) is 26.0 Å². The van der Waals surface area contributed by atoms with E-state index in [-0.39, 0.29) is 36.8 Å². The predicted molar refractivity (Wildman–Crippen MR) is 155 cm³/mol. The summed E-state index contributed by atoms with van der Waals surface area (Å²) in [4.78, 5) is 24.4. The summed E-state index contributed by atoms with van der Waals surface area (Å²) in [5.74, 6) is -1.31. The highest BCUT2D eigenvalue weighted by molar-refractivity contribution is 9.10. The van der Waals surface area contributed by atoms with Crippen molar-refractivity contribution in [2.75, 3.05) is 13.2 Å². The molecule has 0 spiro atoms. The molecule has 7 nitrogen and oxygen atoms in total. The van der Waals surface area contributed by atoms with E-state index < -0.39 is 35.8 Å². The Kier molecular flexibility index (Phi) is 9.60. The lowest BCUT2D eigenvalue weighted by atomic mass is 9.84. The Hall–Kier alpha value is -3.57. The van der Waals surface area contributed by atoms with Gasteiger partial charge in [-0.1, -0.05) is 48.8 Å². The summed E-state index contributed by atoms with van der Waals surface area (Å²) in [5, 5.41) is 4.62. The van der Waals surface area contributed by atoms with Crippen LogP contribution in [-0.2, 0) is 6.54 Å². The first kappa shape index (κ1) is 30.4. The van der Waals surface area contributed by atoms with Crippen LogP contribution in [0.1, 0.15) is 55.0 Å². The summed E-state index contributed by atoms with van der Waals surface area (Å²) in [6.45, 7) is 5.44. The zero-order valence-electron chi connectivity index (χ0n) is 23.1. The van der Waals surface area contributed by atoms with E-state index >= 15 is 0 Å². The van der Waals surface area contributed by atoms with Crippen LogP contribution in [0.4, 0.5) is 13.2 Å². The van der Waals surface area contributed by atoms with Crippen LogP contribution in [0.15, 0.2) is 71.5 Å². The second-order valence-electron chi connectivity index (χ2n) is 10.9. The highest BCUT2D eigenvalue weighted by atomic mass is 79.9. The summed E-state index contributed by atoms with van der Waals surface area (Å²) in [6.07, 6.45) is 3.22. The number of benzene rings is 2. The first-order valence-electron chi connectivity index (χ1n) is 13.1. The Morgan fingerprint density at radius 3 is 2.56 bits per heavy atom. The van der Waals surface area contributed by atoms with Crippen molar-refractivity contribution in [3.05, 3.63) is 100 Å². The van der Waals surface area contributed by atoms with Crippen LogP contribution in [0.2, 0.25) is 0 Å². The van der Waals surface area contributed by atoms with Gasteiger partial charge in [0.25, 0.3) is 5.91 Å². The number of hydrogen-bond donors (Lipinski definition) is 1. The van der Waals surface area contributed by atoms with Gasteiger partial charge in [0.2, 0.25) is 0 Å². The molecule has 4 aromatic rings. The number of carbonyl (C=O) groups is 1. The molecule has 0 aliphatic heterocycles. The lowest BCUT2D eigenvalue weighted by Crippen LogP contribution is -2.44. The summed E-state index contributed by atoms with van der Waals surface area (Å²) in [6, 6.07) is 12.5. The third-order valence-electron chi connectivity index (χ3n) is 6.58. The number of carbonyl (C=O) groups excluding carboxylic acids is 1. The minimum absolute atomic E-state index is 0.0181. The smallest absolute Gasteiger partial charge is 0.256 e. The highest BCUT2D eigenvalue weighted by Crippen LogP contribution is 2.39. The molecule has 11 heteroatoms. The number of halogens is 4. The van der Waals surface area contributed by atoms with Crippen molar-refractivity contribution in [3.63, 3.8) is 0 Å². The summed E-state index contributed by atoms with van der Waals surface area (Å²) < 4.78 is 44.9. The van der Waals surface area contributed by atoms with Crippen molar-refractivity contribution >= 4 is 21.8 Å². The van der Waals surface area contributed by atoms with Crippen molar-refractivity contribution in [1.29, 1.82) is 0 Å². The SMILES string of the molecule is CC(C)(C)C(c1nc(-c2cc(F)ccc2F)nn1Cc1cccc(Br)c1)N(CCC(N)CF)C(=O)c1cccnc1. The number of amides is 1.